The van der Waals surface area contributed by atoms with Gasteiger partial charge in [0.1, 0.15) is 0 Å². The Hall–Kier alpha value is -2.76. The van der Waals surface area contributed by atoms with Gasteiger partial charge in [0.2, 0.25) is 10.0 Å². The predicted octanol–water partition coefficient (Wildman–Crippen LogP) is -0.692. The van der Waals surface area contributed by atoms with Crippen molar-refractivity contribution in [3.63, 3.8) is 0 Å². The van der Waals surface area contributed by atoms with Crippen molar-refractivity contribution >= 4 is 20.9 Å². The minimum Gasteiger partial charge on any atom is -0.384 e. The van der Waals surface area contributed by atoms with Crippen molar-refractivity contribution in [3.8, 4) is 0 Å². The van der Waals surface area contributed by atoms with Gasteiger partial charge in [-0.05, 0) is 24.1 Å². The normalized spacial score (nSPS) is 12.0. The van der Waals surface area contributed by atoms with Gasteiger partial charge in [-0.1, -0.05) is 0 Å². The Kier molecular flexibility index (Phi) is 5.00. The van der Waals surface area contributed by atoms with Gasteiger partial charge in [0.15, 0.2) is 0 Å². The highest BCUT2D eigenvalue weighted by atomic mass is 32.2. The molecule has 0 radical (unpaired) electrons. The lowest BCUT2D eigenvalue weighted by atomic mass is 10.1. The van der Waals surface area contributed by atoms with E-state index in [2.05, 4.69) is 10.1 Å². The number of hydrogen-bond donors (Lipinski definition) is 2. The van der Waals surface area contributed by atoms with Crippen LogP contribution in [-0.2, 0) is 34.8 Å². The Morgan fingerprint density at radius 1 is 1.30 bits per heavy atom. The van der Waals surface area contributed by atoms with E-state index in [0.717, 1.165) is 4.57 Å². The number of H-pyrrole nitrogens is 1. The van der Waals surface area contributed by atoms with Crippen LogP contribution >= 0.6 is 0 Å². The topological polar surface area (TPSA) is 142 Å². The van der Waals surface area contributed by atoms with Gasteiger partial charge >= 0.3 is 5.69 Å². The summed E-state index contributed by atoms with van der Waals surface area (Å²) in [4.78, 5) is 27.9. The molecule has 0 saturated heterocycles. The number of nitrogens with two attached hydrogens (primary N) is 1. The highest BCUT2D eigenvalue weighted by Crippen LogP contribution is 2.22. The number of methoxy groups -OCH3 is 1. The molecule has 144 valence electrons. The molecule has 3 aromatic rings. The highest BCUT2D eigenvalue weighted by Gasteiger charge is 2.20. The summed E-state index contributed by atoms with van der Waals surface area (Å²) in [5.74, 6) is 0. The van der Waals surface area contributed by atoms with Crippen LogP contribution in [0.15, 0.2) is 39.0 Å². The monoisotopic (exact) mass is 393 g/mol. The molecule has 2 heterocycles. The number of primary sulfonamides is 1. The number of ether oxygens (including phenoxy) is 1. The number of fused-ring (bicyclic) bond motifs is 1. The van der Waals surface area contributed by atoms with Gasteiger partial charge in [-0.15, -0.1) is 0 Å². The maximum Gasteiger partial charge on any atom is 0.329 e. The molecule has 27 heavy (non-hydrogen) atoms. The van der Waals surface area contributed by atoms with Crippen molar-refractivity contribution < 1.29 is 13.2 Å². The molecule has 0 atom stereocenters. The van der Waals surface area contributed by atoms with Crippen LogP contribution in [0.5, 0.6) is 0 Å². The van der Waals surface area contributed by atoms with Crippen molar-refractivity contribution in [2.24, 2.45) is 12.2 Å². The third-order valence-corrected chi connectivity index (χ3v) is 5.17. The van der Waals surface area contributed by atoms with Crippen molar-refractivity contribution in [2.45, 2.75) is 17.9 Å². The molecule has 10 nitrogen and oxygen atoms in total. The van der Waals surface area contributed by atoms with E-state index >= 15 is 0 Å². The minimum atomic E-state index is -4.06. The van der Waals surface area contributed by atoms with Crippen molar-refractivity contribution in [3.05, 3.63) is 56.5 Å². The maximum atomic E-state index is 13.1. The van der Waals surface area contributed by atoms with E-state index in [1.165, 1.54) is 19.2 Å². The number of nitrogens with one attached hydrogen (secondary N) is 1. The number of sulfonamides is 1. The maximum absolute atomic E-state index is 13.1. The molecule has 11 heteroatoms. The third-order valence-electron chi connectivity index (χ3n) is 4.18. The Morgan fingerprint density at radius 3 is 2.63 bits per heavy atom. The highest BCUT2D eigenvalue weighted by molar-refractivity contribution is 7.89. The summed E-state index contributed by atoms with van der Waals surface area (Å²) in [6, 6.07) is 2.64. The fourth-order valence-electron chi connectivity index (χ4n) is 2.99. The molecule has 2 aromatic heterocycles. The molecule has 0 saturated carbocycles. The van der Waals surface area contributed by atoms with Crippen molar-refractivity contribution in [2.75, 3.05) is 13.7 Å². The Labute approximate surface area is 154 Å². The fraction of sp³-hybridized carbons (Fsp3) is 0.312. The molecule has 0 aliphatic carbocycles. The molecule has 0 aliphatic rings. The van der Waals surface area contributed by atoms with Crippen LogP contribution < -0.4 is 16.4 Å². The molecule has 0 amide bonds. The first-order valence-electron chi connectivity index (χ1n) is 8.00. The van der Waals surface area contributed by atoms with Crippen LogP contribution in [0.25, 0.3) is 10.9 Å². The van der Waals surface area contributed by atoms with E-state index in [-0.39, 0.29) is 40.9 Å². The molecule has 0 spiro atoms. The molecule has 0 aliphatic heterocycles. The summed E-state index contributed by atoms with van der Waals surface area (Å²) in [6.07, 6.45) is 3.37. The number of aromatic nitrogens is 4. The fourth-order valence-corrected chi connectivity index (χ4v) is 3.79. The van der Waals surface area contributed by atoms with Crippen molar-refractivity contribution in [1.82, 2.24) is 19.3 Å². The largest absolute Gasteiger partial charge is 0.384 e. The van der Waals surface area contributed by atoms with Crippen LogP contribution in [0.4, 0.5) is 0 Å². The van der Waals surface area contributed by atoms with E-state index in [1.807, 2.05) is 0 Å². The number of aryl methyl sites for hydroxylation is 1. The summed E-state index contributed by atoms with van der Waals surface area (Å²) in [5, 5.41) is 9.42. The molecule has 1 aromatic carbocycles. The lowest BCUT2D eigenvalue weighted by Gasteiger charge is -2.12. The summed E-state index contributed by atoms with van der Waals surface area (Å²) in [6.45, 7) is 0.185. The molecular formula is C16H19N5O5S. The first-order valence-corrected chi connectivity index (χ1v) is 9.55. The first-order chi connectivity index (χ1) is 12.7. The second kappa shape index (κ2) is 7.10. The number of hydrogen-bond acceptors (Lipinski definition) is 6. The lowest BCUT2D eigenvalue weighted by molar-refractivity contribution is 0.202. The molecule has 0 bridgehead atoms. The van der Waals surface area contributed by atoms with Crippen LogP contribution in [0.2, 0.25) is 0 Å². The predicted molar refractivity (Wildman–Crippen MR) is 98.1 cm³/mol. The zero-order valence-corrected chi connectivity index (χ0v) is 15.6. The Bertz CT molecular complexity index is 1220. The Morgan fingerprint density at radius 2 is 2.04 bits per heavy atom. The summed E-state index contributed by atoms with van der Waals surface area (Å²) in [5.41, 5.74) is -0.0823. The SMILES string of the molecule is COCCc1c(S(N)(=O)=O)ccc2[nH]c(=O)n(Cc3cnn(C)c3)c(=O)c12. The van der Waals surface area contributed by atoms with Gasteiger partial charge in [-0.2, -0.15) is 5.10 Å². The van der Waals surface area contributed by atoms with Crippen molar-refractivity contribution in [1.29, 1.82) is 0 Å². The molecule has 3 rings (SSSR count). The first kappa shape index (κ1) is 19.0. The van der Waals surface area contributed by atoms with E-state index in [4.69, 9.17) is 9.88 Å². The van der Waals surface area contributed by atoms with E-state index in [9.17, 15) is 18.0 Å². The zero-order chi connectivity index (χ0) is 19.8. The number of benzene rings is 1. The number of nitrogens with zero attached hydrogens (tertiary/aromatic N) is 3. The van der Waals surface area contributed by atoms with Crippen LogP contribution in [-0.4, -0.2) is 41.5 Å². The lowest BCUT2D eigenvalue weighted by Crippen LogP contribution is -2.36. The zero-order valence-electron chi connectivity index (χ0n) is 14.8. The third kappa shape index (κ3) is 3.70. The van der Waals surface area contributed by atoms with Gasteiger partial charge in [0.25, 0.3) is 5.56 Å². The summed E-state index contributed by atoms with van der Waals surface area (Å²) >= 11 is 0. The van der Waals surface area contributed by atoms with Gasteiger partial charge < -0.3 is 9.72 Å². The number of rotatable bonds is 6. The van der Waals surface area contributed by atoms with Gasteiger partial charge in [0.05, 0.1) is 35.1 Å². The van der Waals surface area contributed by atoms with Gasteiger partial charge in [-0.25, -0.2) is 18.4 Å². The second-order valence-electron chi connectivity index (χ2n) is 6.10. The number of aromatic amines is 1. The average molecular weight is 393 g/mol. The molecule has 3 N–H and O–H groups in total. The van der Waals surface area contributed by atoms with E-state index < -0.39 is 21.3 Å². The molecule has 0 fully saturated rings. The molecular weight excluding hydrogens is 374 g/mol. The van der Waals surface area contributed by atoms with Gasteiger partial charge in [0, 0.05) is 25.9 Å². The smallest absolute Gasteiger partial charge is 0.329 e. The summed E-state index contributed by atoms with van der Waals surface area (Å²) < 4.78 is 31.5. The standard InChI is InChI=1S/C16H19N5O5S/c1-20-8-10(7-18-20)9-21-15(22)14-11(5-6-26-2)13(27(17,24)25)4-3-12(14)19-16(21)23/h3-4,7-8H,5-6,9H2,1-2H3,(H,19,23)(H2,17,24,25). The van der Waals surface area contributed by atoms with Crippen LogP contribution in [0, 0.1) is 0 Å². The molecule has 0 unspecified atom stereocenters. The van der Waals surface area contributed by atoms with Gasteiger partial charge in [-0.3, -0.25) is 14.0 Å². The quantitative estimate of drug-likeness (QED) is 0.567. The minimum absolute atomic E-state index is 0.00126. The second-order valence-corrected chi connectivity index (χ2v) is 7.63. The average Bonchev–Trinajstić information content (AvgIpc) is 3.00. The van der Waals surface area contributed by atoms with E-state index in [0.29, 0.717) is 5.56 Å². The Balaban J connectivity index is 2.31. The van der Waals surface area contributed by atoms with E-state index in [1.54, 1.807) is 24.1 Å². The van der Waals surface area contributed by atoms with Crippen LogP contribution in [0.1, 0.15) is 11.1 Å². The summed E-state index contributed by atoms with van der Waals surface area (Å²) in [7, 11) is -0.877. The van der Waals surface area contributed by atoms with Crippen LogP contribution in [0.3, 0.4) is 0 Å².